The van der Waals surface area contributed by atoms with E-state index in [1.54, 1.807) is 6.07 Å². The predicted molar refractivity (Wildman–Crippen MR) is 79.2 cm³/mol. The third-order valence-corrected chi connectivity index (χ3v) is 3.52. The van der Waals surface area contributed by atoms with Crippen LogP contribution in [0.2, 0.25) is 0 Å². The quantitative estimate of drug-likeness (QED) is 0.884. The van der Waals surface area contributed by atoms with Crippen LogP contribution in [0.25, 0.3) is 0 Å². The lowest BCUT2D eigenvalue weighted by Gasteiger charge is -2.20. The molecule has 114 valence electrons. The zero-order chi connectivity index (χ0) is 15.4. The number of aromatic nitrogens is 2. The molecule has 3 nitrogen and oxygen atoms in total. The van der Waals surface area contributed by atoms with E-state index >= 15 is 0 Å². The van der Waals surface area contributed by atoms with Crippen LogP contribution >= 0.6 is 0 Å². The molecule has 2 aromatic rings. The average molecular weight is 293 g/mol. The molecule has 21 heavy (non-hydrogen) atoms. The molecule has 0 fully saturated rings. The van der Waals surface area contributed by atoms with Crippen LogP contribution in [0.4, 0.5) is 8.78 Å². The van der Waals surface area contributed by atoms with Gasteiger partial charge >= 0.3 is 0 Å². The van der Waals surface area contributed by atoms with Gasteiger partial charge in [0, 0.05) is 12.1 Å². The number of halogens is 2. The van der Waals surface area contributed by atoms with Gasteiger partial charge in [-0.1, -0.05) is 26.0 Å². The summed E-state index contributed by atoms with van der Waals surface area (Å²) in [5.41, 5.74) is 2.13. The van der Waals surface area contributed by atoms with Gasteiger partial charge in [0.15, 0.2) is 11.6 Å². The van der Waals surface area contributed by atoms with E-state index in [-0.39, 0.29) is 0 Å². The topological polar surface area (TPSA) is 29.9 Å². The minimum atomic E-state index is -0.825. The lowest BCUT2D eigenvalue weighted by Crippen LogP contribution is -2.26. The summed E-state index contributed by atoms with van der Waals surface area (Å²) in [6, 6.07) is 5.84. The van der Waals surface area contributed by atoms with E-state index in [4.69, 9.17) is 0 Å². The molecule has 0 aliphatic rings. The Morgan fingerprint density at radius 3 is 2.62 bits per heavy atom. The normalized spacial score (nSPS) is 12.6. The number of aryl methyl sites for hydroxylation is 2. The fraction of sp³-hybridized carbons (Fsp3) is 0.438. The number of hydrogen-bond acceptors (Lipinski definition) is 2. The van der Waals surface area contributed by atoms with E-state index in [0.29, 0.717) is 18.7 Å². The molecule has 0 radical (unpaired) electrons. The number of nitrogens with zero attached hydrogens (tertiary/aromatic N) is 2. The van der Waals surface area contributed by atoms with E-state index in [2.05, 4.69) is 10.4 Å². The fourth-order valence-corrected chi connectivity index (χ4v) is 2.47. The first-order chi connectivity index (χ1) is 10.1. The Kier molecular flexibility index (Phi) is 5.07. The van der Waals surface area contributed by atoms with Gasteiger partial charge in [-0.05, 0) is 32.0 Å². The molecular formula is C16H21F2N3. The highest BCUT2D eigenvalue weighted by atomic mass is 19.2. The largest absolute Gasteiger partial charge is 0.305 e. The molecule has 0 saturated heterocycles. The number of hydrogen-bond donors (Lipinski definition) is 1. The minimum Gasteiger partial charge on any atom is -0.305 e. The molecule has 0 amide bonds. The van der Waals surface area contributed by atoms with E-state index in [1.807, 2.05) is 31.5 Å². The third kappa shape index (κ3) is 3.13. The highest BCUT2D eigenvalue weighted by Gasteiger charge is 2.23. The molecule has 0 bridgehead atoms. The first-order valence-electron chi connectivity index (χ1n) is 7.36. The maximum atomic E-state index is 14.1. The van der Waals surface area contributed by atoms with E-state index in [0.717, 1.165) is 23.9 Å². The highest BCUT2D eigenvalue weighted by Crippen LogP contribution is 2.26. The van der Waals surface area contributed by atoms with Gasteiger partial charge in [0.05, 0.1) is 17.4 Å². The number of benzene rings is 1. The van der Waals surface area contributed by atoms with Crippen LogP contribution in [0.15, 0.2) is 24.3 Å². The van der Waals surface area contributed by atoms with Gasteiger partial charge in [0.25, 0.3) is 0 Å². The van der Waals surface area contributed by atoms with Crippen molar-refractivity contribution in [2.24, 2.45) is 0 Å². The second kappa shape index (κ2) is 6.80. The monoisotopic (exact) mass is 293 g/mol. The zero-order valence-corrected chi connectivity index (χ0v) is 12.7. The van der Waals surface area contributed by atoms with Crippen molar-refractivity contribution in [3.63, 3.8) is 0 Å². The lowest BCUT2D eigenvalue weighted by molar-refractivity contribution is 0.471. The van der Waals surface area contributed by atoms with Crippen LogP contribution < -0.4 is 5.32 Å². The Hall–Kier alpha value is -1.75. The van der Waals surface area contributed by atoms with Gasteiger partial charge in [-0.2, -0.15) is 5.10 Å². The molecule has 1 atom stereocenters. The Bertz CT molecular complexity index is 608. The number of nitrogens with one attached hydrogen (secondary N) is 1. The van der Waals surface area contributed by atoms with Crippen LogP contribution in [0.5, 0.6) is 0 Å². The Labute approximate surface area is 124 Å². The lowest BCUT2D eigenvalue weighted by atomic mass is 10.0. The van der Waals surface area contributed by atoms with Gasteiger partial charge in [0.2, 0.25) is 0 Å². The Morgan fingerprint density at radius 1 is 1.24 bits per heavy atom. The summed E-state index contributed by atoms with van der Waals surface area (Å²) >= 11 is 0. The standard InChI is InChI=1S/C16H21F2N3/c1-4-11-10-14(21(6-3)20-11)16(19-5-2)12-8-7-9-13(17)15(12)18/h7-10,16,19H,4-6H2,1-3H3. The summed E-state index contributed by atoms with van der Waals surface area (Å²) in [6.07, 6.45) is 0.810. The highest BCUT2D eigenvalue weighted by molar-refractivity contribution is 5.31. The summed E-state index contributed by atoms with van der Waals surface area (Å²) in [5.74, 6) is -1.63. The smallest absolute Gasteiger partial charge is 0.163 e. The maximum absolute atomic E-state index is 14.1. The van der Waals surface area contributed by atoms with Crippen LogP contribution in [0, 0.1) is 11.6 Å². The molecule has 1 aromatic heterocycles. The van der Waals surface area contributed by atoms with Crippen molar-refractivity contribution in [2.45, 2.75) is 39.8 Å². The molecule has 1 N–H and O–H groups in total. The van der Waals surface area contributed by atoms with Gasteiger partial charge in [0.1, 0.15) is 0 Å². The van der Waals surface area contributed by atoms with Crippen LogP contribution in [0.1, 0.15) is 43.8 Å². The molecule has 1 aromatic carbocycles. The minimum absolute atomic E-state index is 0.314. The Balaban J connectivity index is 2.53. The molecule has 1 unspecified atom stereocenters. The third-order valence-electron chi connectivity index (χ3n) is 3.52. The maximum Gasteiger partial charge on any atom is 0.163 e. The van der Waals surface area contributed by atoms with Crippen LogP contribution in [-0.4, -0.2) is 16.3 Å². The van der Waals surface area contributed by atoms with Gasteiger partial charge in [-0.25, -0.2) is 8.78 Å². The molecule has 0 aliphatic carbocycles. The van der Waals surface area contributed by atoms with Crippen LogP contribution in [0.3, 0.4) is 0 Å². The summed E-state index contributed by atoms with van der Waals surface area (Å²) in [6.45, 7) is 7.29. The van der Waals surface area contributed by atoms with Crippen molar-refractivity contribution in [1.82, 2.24) is 15.1 Å². The van der Waals surface area contributed by atoms with Crippen LogP contribution in [-0.2, 0) is 13.0 Å². The second-order valence-corrected chi connectivity index (χ2v) is 4.86. The zero-order valence-electron chi connectivity index (χ0n) is 12.7. The SMILES string of the molecule is CCNC(c1cccc(F)c1F)c1cc(CC)nn1CC. The molecule has 2 rings (SSSR count). The van der Waals surface area contributed by atoms with Gasteiger partial charge < -0.3 is 5.32 Å². The summed E-state index contributed by atoms with van der Waals surface area (Å²) in [5, 5.41) is 7.72. The fourth-order valence-electron chi connectivity index (χ4n) is 2.47. The van der Waals surface area contributed by atoms with E-state index in [1.165, 1.54) is 6.07 Å². The predicted octanol–water partition coefficient (Wildman–Crippen LogP) is 3.44. The first kappa shape index (κ1) is 15.6. The molecular weight excluding hydrogens is 272 g/mol. The van der Waals surface area contributed by atoms with Gasteiger partial charge in [-0.3, -0.25) is 4.68 Å². The van der Waals surface area contributed by atoms with Gasteiger partial charge in [-0.15, -0.1) is 0 Å². The molecule has 1 heterocycles. The number of rotatable bonds is 6. The second-order valence-electron chi connectivity index (χ2n) is 4.86. The van der Waals surface area contributed by atoms with Crippen molar-refractivity contribution in [3.05, 3.63) is 52.9 Å². The van der Waals surface area contributed by atoms with Crippen molar-refractivity contribution < 1.29 is 8.78 Å². The van der Waals surface area contributed by atoms with Crippen molar-refractivity contribution in [1.29, 1.82) is 0 Å². The molecule has 0 saturated carbocycles. The molecule has 0 spiro atoms. The summed E-state index contributed by atoms with van der Waals surface area (Å²) in [4.78, 5) is 0. The van der Waals surface area contributed by atoms with Crippen molar-refractivity contribution in [2.75, 3.05) is 6.54 Å². The average Bonchev–Trinajstić information content (AvgIpc) is 2.91. The molecule has 5 heteroatoms. The van der Waals surface area contributed by atoms with E-state index < -0.39 is 17.7 Å². The Morgan fingerprint density at radius 2 is 2.00 bits per heavy atom. The van der Waals surface area contributed by atoms with Crippen molar-refractivity contribution >= 4 is 0 Å². The molecule has 0 aliphatic heterocycles. The van der Waals surface area contributed by atoms with Crippen molar-refractivity contribution in [3.8, 4) is 0 Å². The summed E-state index contributed by atoms with van der Waals surface area (Å²) in [7, 11) is 0. The van der Waals surface area contributed by atoms with E-state index in [9.17, 15) is 8.78 Å². The first-order valence-corrected chi connectivity index (χ1v) is 7.36. The summed E-state index contributed by atoms with van der Waals surface area (Å²) < 4.78 is 29.5.